The average molecular weight is 2000 g/mol. The molecule has 0 saturated heterocycles. The minimum absolute atomic E-state index is 0.000983. The molecule has 4 atom stereocenters. The lowest BCUT2D eigenvalue weighted by atomic mass is 9.99. The molecule has 139 heavy (non-hydrogen) atoms. The van der Waals surface area contributed by atoms with Gasteiger partial charge in [-0.15, -0.1) is 0 Å². The molecule has 0 saturated carbocycles. The van der Waals surface area contributed by atoms with Crippen LogP contribution in [0.15, 0.2) is 335 Å². The number of rotatable bonds is 13. The highest BCUT2D eigenvalue weighted by Crippen LogP contribution is 2.39. The first-order valence-corrected chi connectivity index (χ1v) is 43.4. The lowest BCUT2D eigenvalue weighted by Gasteiger charge is -2.17. The first kappa shape index (κ1) is 97.1. The van der Waals surface area contributed by atoms with Gasteiger partial charge in [-0.3, -0.25) is 38.4 Å². The van der Waals surface area contributed by atoms with E-state index >= 15 is 0 Å². The van der Waals surface area contributed by atoms with Crippen LogP contribution in [0.2, 0.25) is 0 Å². The van der Waals surface area contributed by atoms with Gasteiger partial charge in [0.1, 0.15) is 181 Å². The first-order chi connectivity index (χ1) is 66.6. The second-order valence-electron chi connectivity index (χ2n) is 31.3. The summed E-state index contributed by atoms with van der Waals surface area (Å²) in [7, 11) is 0. The van der Waals surface area contributed by atoms with E-state index in [1.165, 1.54) is 187 Å². The molecule has 12 aromatic carbocycles. The minimum Gasteiger partial charge on any atom is -0.458 e. The van der Waals surface area contributed by atoms with E-state index in [2.05, 4.69) is 37.7 Å². The number of anilines is 1. The number of nitrogen functional groups attached to an aromatic ring is 1. The molecule has 0 radical (unpaired) electrons. The van der Waals surface area contributed by atoms with Crippen LogP contribution >= 0.6 is 22.6 Å². The van der Waals surface area contributed by atoms with Crippen LogP contribution in [-0.4, -0.2) is 46.6 Å². The molecule has 8 aromatic heterocycles. The molecule has 0 amide bonds. The minimum atomic E-state index is -1.07. The number of hydrogen-bond acceptors (Lipinski definition) is 21. The monoisotopic (exact) mass is 2000 g/mol. The van der Waals surface area contributed by atoms with Gasteiger partial charge in [0.25, 0.3) is 0 Å². The molecule has 20 rings (SSSR count). The van der Waals surface area contributed by atoms with E-state index in [0.29, 0.717) is 59.7 Å². The zero-order valence-corrected chi connectivity index (χ0v) is 75.7. The summed E-state index contributed by atoms with van der Waals surface area (Å²) in [6.45, 7) is 8.80. The fraction of sp³-hybridized carbons (Fsp3) is 0.0935. The summed E-state index contributed by atoms with van der Waals surface area (Å²) in [6.07, 6.45) is -1.75. The highest BCUT2D eigenvalue weighted by Gasteiger charge is 2.31. The third-order valence-corrected chi connectivity index (χ3v) is 22.7. The molecule has 0 fully saturated rings. The van der Waals surface area contributed by atoms with Crippen LogP contribution in [0.4, 0.5) is 45.3 Å². The Bertz CT molecular complexity index is 8410. The molecule has 0 aliphatic heterocycles. The molecule has 8 heterocycles. The van der Waals surface area contributed by atoms with E-state index in [-0.39, 0.29) is 134 Å². The van der Waals surface area contributed by atoms with E-state index in [9.17, 15) is 93.2 Å². The zero-order valence-electron chi connectivity index (χ0n) is 73.6. The number of aliphatic hydroxyl groups excluding tert-OH is 3. The van der Waals surface area contributed by atoms with Crippen molar-refractivity contribution in [3.63, 3.8) is 0 Å². The lowest BCUT2D eigenvalue weighted by Crippen LogP contribution is -2.17. The Kier molecular flexibility index (Phi) is 28.9. The summed E-state index contributed by atoms with van der Waals surface area (Å²) in [5.74, 6) is -5.66. The molecule has 4 unspecified atom stereocenters. The van der Waals surface area contributed by atoms with Gasteiger partial charge in [-0.1, -0.05) is 164 Å². The maximum Gasteiger partial charge on any atom is 0.204 e. The molecule has 20 aromatic rings. The van der Waals surface area contributed by atoms with Gasteiger partial charge < -0.3 is 47.6 Å². The van der Waals surface area contributed by atoms with Crippen molar-refractivity contribution in [1.82, 2.24) is 19.7 Å². The van der Waals surface area contributed by atoms with E-state index < -0.39 is 115 Å². The Balaban J connectivity index is 0.000000127. The zero-order chi connectivity index (χ0) is 99.2. The predicted octanol–water partition coefficient (Wildman–Crippen LogP) is 23.5. The van der Waals surface area contributed by atoms with Crippen LogP contribution in [0.5, 0.6) is 0 Å². The number of carbonyl (C=O) groups excluding carboxylic acids is 2. The van der Waals surface area contributed by atoms with Gasteiger partial charge in [0.2, 0.25) is 32.6 Å². The Morgan fingerprint density at radius 1 is 0.309 bits per heavy atom. The highest BCUT2D eigenvalue weighted by atomic mass is 127. The fourth-order valence-electron chi connectivity index (χ4n) is 15.6. The summed E-state index contributed by atoms with van der Waals surface area (Å²) in [6, 6.07) is 66.0. The number of halogens is 10. The Morgan fingerprint density at radius 2 is 0.547 bits per heavy atom. The number of carbonyl (C=O) groups is 2. The predicted molar refractivity (Wildman–Crippen MR) is 515 cm³/mol. The van der Waals surface area contributed by atoms with Crippen LogP contribution in [-0.2, 0) is 0 Å². The number of benzene rings is 12. The molecule has 0 spiro atoms. The number of aromatic nitrogens is 4. The number of aliphatic hydroxyl groups is 3. The van der Waals surface area contributed by atoms with E-state index in [4.69, 9.17) is 32.2 Å². The fourth-order valence-corrected chi connectivity index (χ4v) is 16.3. The van der Waals surface area contributed by atoms with Crippen molar-refractivity contribution < 1.29 is 90.9 Å². The topological polar surface area (TPSA) is 346 Å². The number of fused-ring (bicyclic) bond motifs is 7. The van der Waals surface area contributed by atoms with Crippen molar-refractivity contribution in [3.05, 3.63) is 431 Å². The number of hydrogen-bond donors (Lipinski definition) is 4. The van der Waals surface area contributed by atoms with Crippen molar-refractivity contribution in [2.45, 2.75) is 65.9 Å². The van der Waals surface area contributed by atoms with Gasteiger partial charge >= 0.3 is 0 Å². The molecule has 5 N–H and O–H groups in total. The van der Waals surface area contributed by atoms with Crippen LogP contribution in [0, 0.1) is 56.1 Å². The van der Waals surface area contributed by atoms with Crippen molar-refractivity contribution in [3.8, 4) is 66.8 Å². The summed E-state index contributed by atoms with van der Waals surface area (Å²) in [5.41, 5.74) is 7.09. The van der Waals surface area contributed by atoms with Crippen molar-refractivity contribution >= 4 is 117 Å². The van der Waals surface area contributed by atoms with Gasteiger partial charge in [-0.2, -0.15) is 5.10 Å². The van der Waals surface area contributed by atoms with Gasteiger partial charge in [-0.25, -0.2) is 54.2 Å². The second-order valence-corrected chi connectivity index (χ2v) is 32.3. The van der Waals surface area contributed by atoms with Crippen LogP contribution in [0.25, 0.3) is 144 Å². The largest absolute Gasteiger partial charge is 0.458 e. The lowest BCUT2D eigenvalue weighted by molar-refractivity contribution is 0.0981. The van der Waals surface area contributed by atoms with Crippen LogP contribution in [0.1, 0.15) is 110 Å². The molecule has 0 aliphatic carbocycles. The third-order valence-electron chi connectivity index (χ3n) is 21.9. The second kappa shape index (κ2) is 41.4. The summed E-state index contributed by atoms with van der Waals surface area (Å²) >= 11 is 2.07. The maximum atomic E-state index is 14.5. The van der Waals surface area contributed by atoms with Gasteiger partial charge in [0.05, 0.1) is 38.8 Å². The molecule has 698 valence electrons. The molecule has 22 nitrogen and oxygen atoms in total. The molecular formula is C107H73F9IN5O17. The number of ketones is 2. The van der Waals surface area contributed by atoms with Gasteiger partial charge in [-0.05, 0) is 193 Å². The van der Waals surface area contributed by atoms with Crippen molar-refractivity contribution in [1.29, 1.82) is 0 Å². The maximum absolute atomic E-state index is 14.5. The summed E-state index contributed by atoms with van der Waals surface area (Å²) in [4.78, 5) is 109. The average Bonchev–Trinajstić information content (AvgIpc) is 1.74. The number of nitrogens with two attached hydrogens (primary N) is 1. The molecule has 0 aliphatic rings. The molecule has 32 heteroatoms. The smallest absolute Gasteiger partial charge is 0.204 e. The van der Waals surface area contributed by atoms with Crippen LogP contribution in [0.3, 0.4) is 0 Å². The van der Waals surface area contributed by atoms with E-state index in [1.54, 1.807) is 77.5 Å². The van der Waals surface area contributed by atoms with Crippen molar-refractivity contribution in [2.24, 2.45) is 0 Å². The molecule has 0 bridgehead atoms. The Hall–Kier alpha value is -16.4. The van der Waals surface area contributed by atoms with Crippen molar-refractivity contribution in [2.75, 3.05) is 5.73 Å². The molecular weight excluding hydrogens is 1930 g/mol. The van der Waals surface area contributed by atoms with Gasteiger partial charge in [0.15, 0.2) is 28.7 Å². The van der Waals surface area contributed by atoms with E-state index in [0.717, 1.165) is 30.3 Å². The third kappa shape index (κ3) is 19.9. The first-order valence-electron chi connectivity index (χ1n) is 42.3. The normalized spacial score (nSPS) is 12.0. The Labute approximate surface area is 792 Å². The quantitative estimate of drug-likeness (QED) is 0.0473. The Morgan fingerprint density at radius 3 is 0.820 bits per heavy atom. The van der Waals surface area contributed by atoms with E-state index in [1.807, 2.05) is 31.2 Å². The van der Waals surface area contributed by atoms with Crippen LogP contribution < -0.4 is 38.3 Å². The summed E-state index contributed by atoms with van der Waals surface area (Å²) in [5, 5.41) is 33.9. The highest BCUT2D eigenvalue weighted by molar-refractivity contribution is 14.1. The van der Waals surface area contributed by atoms with Gasteiger partial charge in [0, 0.05) is 13.8 Å². The number of Topliss-reactive ketones (excluding diaryl/α,β-unsaturated/α-hetero) is 2. The SMILES string of the molecule is CC(=O)c1oc2cccc(F)c2c(=O)c1-c1ccc(F)cc1.CC(=O)c1oc2cccc(F)c2c(=O)c1-c1ccccc1.CC(O)c1oc2cccc(F)c2c(=O)c1-c1ccc(F)cc1.CC(O)c1oc2cccc(F)c2c(=O)c1-c1ccc(F)cc1.CC(O)c1oc2cccc(F)c2c(=O)c1-c1ccccc1.CC(c1oc2cccc(F)c2c(=O)c1-c1ccccc1)n1nc(I)c2c(N)ncnc21. The number of nitrogens with zero attached hydrogens (tertiary/aromatic N) is 4. The summed E-state index contributed by atoms with van der Waals surface area (Å²) < 4.78 is 159. The standard InChI is InChI=1S/C22H15FIN5O2.2C17H12F2O3.C17H10F2O3.C17H13FO3.C17H11FO3/c1-11(29-22-17(20(24)28-29)21(25)26-10-27-22)19-15(12-6-3-2-4-7-12)18(30)16-13(23)8-5-9-14(16)31-19;3*1-9(20)17-14(10-5-7-11(18)8-6-10)16(21)15-12(19)3-2-4-13(15)22-17;2*1-10(19)17-14(11-6-3-2-4-7-11)16(20)15-12(18)8-5-9-13(15)21-17/h2-11H,1H3,(H2,25,26,27);2*2-9,20H,1H3;2-8H,1H3;2-10,19H,1H3;2-9H,1H3.